The van der Waals surface area contributed by atoms with Gasteiger partial charge in [-0.3, -0.25) is 9.59 Å². The van der Waals surface area contributed by atoms with E-state index in [4.69, 9.17) is 0 Å². The highest BCUT2D eigenvalue weighted by atomic mass is 16.3. The Balaban J connectivity index is 2.01. The molecule has 0 heterocycles. The zero-order chi connectivity index (χ0) is 18.4. The standard InChI is InChI=1S/C21H33NO3/c1-5-10-20(3)18(22-12-23)9-6-14-16-8-7-15(13(2)24)21(16,4)11-17(25)19(14)20/h9,12,14-17,19,25H,5-8,10-11H2,1-4H3,(H,22,23)/t14?,15?,16?,17-,19?,20?,21?/m0/s1. The first-order chi connectivity index (χ1) is 11.8. The van der Waals surface area contributed by atoms with Crippen LogP contribution < -0.4 is 5.32 Å². The molecule has 0 aliphatic heterocycles. The van der Waals surface area contributed by atoms with Crippen molar-refractivity contribution in [1.29, 1.82) is 0 Å². The Labute approximate surface area is 151 Å². The van der Waals surface area contributed by atoms with E-state index in [1.165, 1.54) is 0 Å². The van der Waals surface area contributed by atoms with Crippen LogP contribution in [0, 0.1) is 34.5 Å². The number of Topliss-reactive ketones (excluding diaryl/α,β-unsaturated/α-hetero) is 1. The van der Waals surface area contributed by atoms with Crippen molar-refractivity contribution in [2.24, 2.45) is 34.5 Å². The van der Waals surface area contributed by atoms with E-state index in [-0.39, 0.29) is 28.4 Å². The van der Waals surface area contributed by atoms with Gasteiger partial charge in [0.15, 0.2) is 0 Å². The maximum atomic E-state index is 12.2. The number of amides is 1. The molecule has 0 bridgehead atoms. The van der Waals surface area contributed by atoms with Gasteiger partial charge in [0.1, 0.15) is 5.78 Å². The summed E-state index contributed by atoms with van der Waals surface area (Å²) in [4.78, 5) is 23.3. The van der Waals surface area contributed by atoms with Crippen molar-refractivity contribution in [3.05, 3.63) is 11.8 Å². The van der Waals surface area contributed by atoms with Gasteiger partial charge in [-0.15, -0.1) is 0 Å². The molecule has 7 atom stereocenters. The molecule has 25 heavy (non-hydrogen) atoms. The number of carbonyl (C=O) groups is 2. The number of ketones is 1. The minimum atomic E-state index is -0.417. The highest BCUT2D eigenvalue weighted by molar-refractivity contribution is 5.79. The molecule has 4 heteroatoms. The maximum Gasteiger partial charge on any atom is 0.211 e. The van der Waals surface area contributed by atoms with Crippen LogP contribution in [-0.2, 0) is 9.59 Å². The molecule has 3 rings (SSSR count). The lowest BCUT2D eigenvalue weighted by Crippen LogP contribution is -2.56. The minimum Gasteiger partial charge on any atom is -0.393 e. The molecule has 0 aromatic heterocycles. The van der Waals surface area contributed by atoms with Crippen molar-refractivity contribution in [3.63, 3.8) is 0 Å². The zero-order valence-electron chi connectivity index (χ0n) is 16.0. The third-order valence-corrected chi connectivity index (χ3v) is 7.87. The summed E-state index contributed by atoms with van der Waals surface area (Å²) in [5.74, 6) is 1.40. The van der Waals surface area contributed by atoms with Crippen molar-refractivity contribution < 1.29 is 14.7 Å². The lowest BCUT2D eigenvalue weighted by atomic mass is 9.48. The van der Waals surface area contributed by atoms with E-state index in [9.17, 15) is 14.7 Å². The largest absolute Gasteiger partial charge is 0.393 e. The molecule has 0 aromatic carbocycles. The average Bonchev–Trinajstić information content (AvgIpc) is 2.87. The van der Waals surface area contributed by atoms with E-state index in [0.29, 0.717) is 18.3 Å². The van der Waals surface area contributed by atoms with Gasteiger partial charge in [0.2, 0.25) is 6.41 Å². The average molecular weight is 347 g/mol. The second-order valence-corrected chi connectivity index (χ2v) is 9.10. The first-order valence-corrected chi connectivity index (χ1v) is 9.89. The zero-order valence-corrected chi connectivity index (χ0v) is 16.0. The fraction of sp³-hybridized carbons (Fsp3) is 0.810. The van der Waals surface area contributed by atoms with E-state index >= 15 is 0 Å². The lowest BCUT2D eigenvalue weighted by molar-refractivity contribution is -0.138. The molecule has 0 aromatic rings. The summed E-state index contributed by atoms with van der Waals surface area (Å²) in [6.07, 6.45) is 8.14. The molecule has 1 amide bonds. The third-order valence-electron chi connectivity index (χ3n) is 7.87. The monoisotopic (exact) mass is 347 g/mol. The van der Waals surface area contributed by atoms with Gasteiger partial charge in [0.05, 0.1) is 6.10 Å². The fourth-order valence-electron chi connectivity index (χ4n) is 7.02. The summed E-state index contributed by atoms with van der Waals surface area (Å²) < 4.78 is 0. The Bertz CT molecular complexity index is 586. The number of carbonyl (C=O) groups excluding carboxylic acids is 2. The van der Waals surface area contributed by atoms with Crippen LogP contribution in [0.5, 0.6) is 0 Å². The van der Waals surface area contributed by atoms with Crippen molar-refractivity contribution in [1.82, 2.24) is 5.32 Å². The number of rotatable bonds is 5. The normalized spacial score (nSPS) is 46.0. The summed E-state index contributed by atoms with van der Waals surface area (Å²) in [6.45, 7) is 8.31. The topological polar surface area (TPSA) is 66.4 Å². The minimum absolute atomic E-state index is 0.0804. The fourth-order valence-corrected chi connectivity index (χ4v) is 7.02. The second-order valence-electron chi connectivity index (χ2n) is 9.10. The summed E-state index contributed by atoms with van der Waals surface area (Å²) in [6, 6.07) is 0. The van der Waals surface area contributed by atoms with E-state index in [1.54, 1.807) is 6.92 Å². The predicted molar refractivity (Wildman–Crippen MR) is 97.5 cm³/mol. The summed E-state index contributed by atoms with van der Waals surface area (Å²) in [5.41, 5.74) is 0.700. The van der Waals surface area contributed by atoms with Gasteiger partial charge in [-0.2, -0.15) is 0 Å². The van der Waals surface area contributed by atoms with Crippen molar-refractivity contribution in [2.75, 3.05) is 0 Å². The number of fused-ring (bicyclic) bond motifs is 3. The molecule has 4 nitrogen and oxygen atoms in total. The van der Waals surface area contributed by atoms with Crippen LogP contribution in [0.2, 0.25) is 0 Å². The lowest BCUT2D eigenvalue weighted by Gasteiger charge is -2.58. The molecule has 2 saturated carbocycles. The number of nitrogens with one attached hydrogen (secondary N) is 1. The Kier molecular flexibility index (Phi) is 4.87. The Morgan fingerprint density at radius 3 is 2.72 bits per heavy atom. The summed E-state index contributed by atoms with van der Waals surface area (Å²) >= 11 is 0. The van der Waals surface area contributed by atoms with Crippen molar-refractivity contribution in [2.45, 2.75) is 72.3 Å². The third kappa shape index (κ3) is 2.68. The van der Waals surface area contributed by atoms with Crippen molar-refractivity contribution >= 4 is 12.2 Å². The molecule has 0 radical (unpaired) electrons. The molecule has 0 saturated heterocycles. The van der Waals surface area contributed by atoms with E-state index in [0.717, 1.165) is 44.2 Å². The quantitative estimate of drug-likeness (QED) is 0.749. The Morgan fingerprint density at radius 1 is 1.40 bits per heavy atom. The molecular formula is C21H33NO3. The van der Waals surface area contributed by atoms with Crippen LogP contribution in [0.1, 0.15) is 66.2 Å². The van der Waals surface area contributed by atoms with Gasteiger partial charge in [0, 0.05) is 17.0 Å². The first kappa shape index (κ1) is 18.6. The molecule has 2 fully saturated rings. The summed E-state index contributed by atoms with van der Waals surface area (Å²) in [7, 11) is 0. The molecule has 140 valence electrons. The highest BCUT2D eigenvalue weighted by Crippen LogP contribution is 2.64. The number of aliphatic hydroxyl groups excluding tert-OH is 1. The number of hydrogen-bond acceptors (Lipinski definition) is 3. The first-order valence-electron chi connectivity index (χ1n) is 9.89. The summed E-state index contributed by atoms with van der Waals surface area (Å²) in [5, 5.41) is 14.1. The van der Waals surface area contributed by atoms with E-state index in [1.807, 2.05) is 0 Å². The van der Waals surface area contributed by atoms with Crippen LogP contribution in [0.15, 0.2) is 11.8 Å². The SMILES string of the molecule is CCCC1(C)C(NC=O)=CCC2C1[C@@H](O)CC1(C)C(C(C)=O)CCC21. The number of hydrogen-bond donors (Lipinski definition) is 2. The molecule has 3 aliphatic rings. The van der Waals surface area contributed by atoms with Gasteiger partial charge in [-0.05, 0) is 62.2 Å². The molecule has 6 unspecified atom stereocenters. The van der Waals surface area contributed by atoms with Crippen LogP contribution in [0.3, 0.4) is 0 Å². The van der Waals surface area contributed by atoms with Crippen LogP contribution in [0.25, 0.3) is 0 Å². The van der Waals surface area contributed by atoms with E-state index < -0.39 is 6.10 Å². The molecule has 3 aliphatic carbocycles. The van der Waals surface area contributed by atoms with Gasteiger partial charge in [-0.1, -0.05) is 33.3 Å². The smallest absolute Gasteiger partial charge is 0.211 e. The molecular weight excluding hydrogens is 314 g/mol. The van der Waals surface area contributed by atoms with Gasteiger partial charge in [0.25, 0.3) is 0 Å². The van der Waals surface area contributed by atoms with Crippen molar-refractivity contribution in [3.8, 4) is 0 Å². The Hall–Kier alpha value is -1.16. The van der Waals surface area contributed by atoms with Gasteiger partial charge in [-0.25, -0.2) is 0 Å². The Morgan fingerprint density at radius 2 is 2.12 bits per heavy atom. The van der Waals surface area contributed by atoms with Gasteiger partial charge < -0.3 is 10.4 Å². The highest BCUT2D eigenvalue weighted by Gasteiger charge is 2.61. The van der Waals surface area contributed by atoms with E-state index in [2.05, 4.69) is 32.2 Å². The molecule has 2 N–H and O–H groups in total. The molecule has 0 spiro atoms. The number of aliphatic hydroxyl groups is 1. The van der Waals surface area contributed by atoms with Crippen LogP contribution in [0.4, 0.5) is 0 Å². The number of allylic oxidation sites excluding steroid dienone is 2. The van der Waals surface area contributed by atoms with Crippen LogP contribution >= 0.6 is 0 Å². The van der Waals surface area contributed by atoms with Gasteiger partial charge >= 0.3 is 0 Å². The maximum absolute atomic E-state index is 12.2. The second kappa shape index (κ2) is 6.53. The van der Waals surface area contributed by atoms with Crippen LogP contribution in [-0.4, -0.2) is 23.4 Å². The predicted octanol–water partition coefficient (Wildman–Crippen LogP) is 3.44.